The van der Waals surface area contributed by atoms with E-state index in [9.17, 15) is 5.11 Å². The molecule has 0 amide bonds. The van der Waals surface area contributed by atoms with Gasteiger partial charge in [0.15, 0.2) is 0 Å². The zero-order chi connectivity index (χ0) is 13.4. The molecule has 0 saturated carbocycles. The van der Waals surface area contributed by atoms with Gasteiger partial charge in [-0.25, -0.2) is 0 Å². The van der Waals surface area contributed by atoms with E-state index in [2.05, 4.69) is 24.8 Å². The maximum atomic E-state index is 9.86. The number of rotatable bonds is 7. The average molecular weight is 248 g/mol. The van der Waals surface area contributed by atoms with Crippen LogP contribution < -0.4 is 4.74 Å². The summed E-state index contributed by atoms with van der Waals surface area (Å²) in [4.78, 5) is 2.13. The first-order valence-electron chi connectivity index (χ1n) is 6.23. The van der Waals surface area contributed by atoms with Crippen molar-refractivity contribution in [3.63, 3.8) is 0 Å². The van der Waals surface area contributed by atoms with Crippen LogP contribution in [-0.2, 0) is 0 Å². The molecule has 98 valence electrons. The van der Waals surface area contributed by atoms with E-state index in [0.717, 1.165) is 13.1 Å². The third-order valence-corrected chi connectivity index (χ3v) is 2.80. The summed E-state index contributed by atoms with van der Waals surface area (Å²) in [6.45, 7) is 6.71. The third kappa shape index (κ3) is 4.36. The predicted octanol–water partition coefficient (Wildman–Crippen LogP) is 1.64. The van der Waals surface area contributed by atoms with E-state index >= 15 is 0 Å². The molecule has 1 aromatic carbocycles. The van der Waals surface area contributed by atoms with E-state index < -0.39 is 6.10 Å². The van der Waals surface area contributed by atoms with Crippen molar-refractivity contribution in [2.45, 2.75) is 20.0 Å². The lowest BCUT2D eigenvalue weighted by molar-refractivity contribution is 0.0715. The van der Waals surface area contributed by atoms with Gasteiger partial charge in [0.05, 0.1) is 5.56 Å². The van der Waals surface area contributed by atoms with Crippen molar-refractivity contribution in [2.75, 3.05) is 26.2 Å². The first-order chi connectivity index (χ1) is 8.71. The Labute approximate surface area is 108 Å². The average Bonchev–Trinajstić information content (AvgIpc) is 2.42. The Morgan fingerprint density at radius 1 is 1.33 bits per heavy atom. The molecule has 1 atom stereocenters. The fourth-order valence-corrected chi connectivity index (χ4v) is 1.70. The van der Waals surface area contributed by atoms with Crippen LogP contribution in [0.3, 0.4) is 0 Å². The lowest BCUT2D eigenvalue weighted by atomic mass is 10.2. The summed E-state index contributed by atoms with van der Waals surface area (Å²) < 4.78 is 5.48. The number of hydrogen-bond donors (Lipinski definition) is 1. The molecule has 1 N–H and O–H groups in total. The molecule has 1 unspecified atom stereocenters. The molecule has 1 rings (SSSR count). The van der Waals surface area contributed by atoms with Crippen LogP contribution in [0.4, 0.5) is 0 Å². The summed E-state index contributed by atoms with van der Waals surface area (Å²) >= 11 is 0. The van der Waals surface area contributed by atoms with Gasteiger partial charge in [-0.2, -0.15) is 5.26 Å². The smallest absolute Gasteiger partial charge is 0.137 e. The van der Waals surface area contributed by atoms with Crippen molar-refractivity contribution in [1.82, 2.24) is 4.90 Å². The highest BCUT2D eigenvalue weighted by atomic mass is 16.5. The van der Waals surface area contributed by atoms with Crippen LogP contribution >= 0.6 is 0 Å². The van der Waals surface area contributed by atoms with Crippen molar-refractivity contribution < 1.29 is 9.84 Å². The molecule has 0 saturated heterocycles. The first kappa shape index (κ1) is 14.5. The molecule has 0 aliphatic heterocycles. The van der Waals surface area contributed by atoms with Crippen molar-refractivity contribution >= 4 is 0 Å². The Hall–Kier alpha value is -1.57. The monoisotopic (exact) mass is 248 g/mol. The summed E-state index contributed by atoms with van der Waals surface area (Å²) in [7, 11) is 0. The number of nitriles is 1. The molecule has 0 spiro atoms. The van der Waals surface area contributed by atoms with Gasteiger partial charge < -0.3 is 14.7 Å². The van der Waals surface area contributed by atoms with Crippen LogP contribution in [0.2, 0.25) is 0 Å². The summed E-state index contributed by atoms with van der Waals surface area (Å²) in [5.41, 5.74) is 0.493. The highest BCUT2D eigenvalue weighted by Gasteiger charge is 2.10. The predicted molar refractivity (Wildman–Crippen MR) is 70.4 cm³/mol. The fourth-order valence-electron chi connectivity index (χ4n) is 1.70. The topological polar surface area (TPSA) is 56.5 Å². The van der Waals surface area contributed by atoms with Crippen LogP contribution in [0.25, 0.3) is 0 Å². The quantitative estimate of drug-likeness (QED) is 0.797. The molecule has 0 fully saturated rings. The second-order valence-corrected chi connectivity index (χ2v) is 4.06. The molecular weight excluding hydrogens is 228 g/mol. The van der Waals surface area contributed by atoms with Gasteiger partial charge in [-0.3, -0.25) is 0 Å². The Bertz CT molecular complexity index is 397. The molecule has 0 heterocycles. The number of nitrogens with zero attached hydrogens (tertiary/aromatic N) is 2. The van der Waals surface area contributed by atoms with Gasteiger partial charge in [0, 0.05) is 6.54 Å². The SMILES string of the molecule is CCN(CC)CC(O)COc1ccccc1C#N. The lowest BCUT2D eigenvalue weighted by Gasteiger charge is -2.22. The Balaban J connectivity index is 2.47. The Morgan fingerprint density at radius 3 is 2.61 bits per heavy atom. The number of likely N-dealkylation sites (N-methyl/N-ethyl adjacent to an activating group) is 1. The maximum Gasteiger partial charge on any atom is 0.137 e. The van der Waals surface area contributed by atoms with Gasteiger partial charge in [-0.15, -0.1) is 0 Å². The van der Waals surface area contributed by atoms with Crippen LogP contribution in [0.15, 0.2) is 24.3 Å². The molecule has 18 heavy (non-hydrogen) atoms. The summed E-state index contributed by atoms with van der Waals surface area (Å²) in [6, 6.07) is 9.11. The molecule has 4 nitrogen and oxygen atoms in total. The van der Waals surface area contributed by atoms with E-state index in [1.807, 2.05) is 6.07 Å². The second-order valence-electron chi connectivity index (χ2n) is 4.06. The fraction of sp³-hybridized carbons (Fsp3) is 0.500. The number of aliphatic hydroxyl groups is 1. The van der Waals surface area contributed by atoms with Gasteiger partial charge in [-0.1, -0.05) is 26.0 Å². The second kappa shape index (κ2) is 7.70. The number of ether oxygens (including phenoxy) is 1. The third-order valence-electron chi connectivity index (χ3n) is 2.80. The summed E-state index contributed by atoms with van der Waals surface area (Å²) in [6.07, 6.45) is -0.545. The zero-order valence-corrected chi connectivity index (χ0v) is 11.0. The van der Waals surface area contributed by atoms with E-state index in [-0.39, 0.29) is 6.61 Å². The summed E-state index contributed by atoms with van der Waals surface area (Å²) in [5.74, 6) is 0.526. The first-order valence-corrected chi connectivity index (χ1v) is 6.23. The maximum absolute atomic E-state index is 9.86. The van der Waals surface area contributed by atoms with Gasteiger partial charge in [0.2, 0.25) is 0 Å². The van der Waals surface area contributed by atoms with Gasteiger partial charge in [0.1, 0.15) is 24.5 Å². The van der Waals surface area contributed by atoms with Crippen molar-refractivity contribution in [3.8, 4) is 11.8 Å². The molecule has 0 radical (unpaired) electrons. The molecule has 0 bridgehead atoms. The lowest BCUT2D eigenvalue weighted by Crippen LogP contribution is -2.35. The Morgan fingerprint density at radius 2 is 2.00 bits per heavy atom. The number of benzene rings is 1. The van der Waals surface area contributed by atoms with Crippen molar-refractivity contribution in [3.05, 3.63) is 29.8 Å². The van der Waals surface area contributed by atoms with Crippen molar-refractivity contribution in [2.24, 2.45) is 0 Å². The van der Waals surface area contributed by atoms with E-state index in [1.165, 1.54) is 0 Å². The molecule has 0 aliphatic carbocycles. The molecule has 0 aliphatic rings. The van der Waals surface area contributed by atoms with E-state index in [4.69, 9.17) is 10.00 Å². The standard InChI is InChI=1S/C14H20N2O2/c1-3-16(4-2)10-13(17)11-18-14-8-6-5-7-12(14)9-15/h5-8,13,17H,3-4,10-11H2,1-2H3. The zero-order valence-electron chi connectivity index (χ0n) is 11.0. The van der Waals surface area contributed by atoms with Crippen LogP contribution in [-0.4, -0.2) is 42.4 Å². The van der Waals surface area contributed by atoms with Gasteiger partial charge in [0.25, 0.3) is 0 Å². The molecule has 4 heteroatoms. The number of para-hydroxylation sites is 1. The van der Waals surface area contributed by atoms with Gasteiger partial charge >= 0.3 is 0 Å². The molecule has 1 aromatic rings. The minimum absolute atomic E-state index is 0.204. The molecular formula is C14H20N2O2. The Kier molecular flexibility index (Phi) is 6.20. The highest BCUT2D eigenvalue weighted by Crippen LogP contribution is 2.16. The molecule has 0 aromatic heterocycles. The minimum atomic E-state index is -0.545. The van der Waals surface area contributed by atoms with Crippen LogP contribution in [0.5, 0.6) is 5.75 Å². The highest BCUT2D eigenvalue weighted by molar-refractivity contribution is 5.42. The van der Waals surface area contributed by atoms with E-state index in [1.54, 1.807) is 18.2 Å². The number of aliphatic hydroxyl groups excluding tert-OH is 1. The minimum Gasteiger partial charge on any atom is -0.489 e. The normalized spacial score (nSPS) is 12.2. The van der Waals surface area contributed by atoms with E-state index in [0.29, 0.717) is 17.9 Å². The van der Waals surface area contributed by atoms with Crippen molar-refractivity contribution in [1.29, 1.82) is 5.26 Å². The number of hydrogen-bond acceptors (Lipinski definition) is 4. The summed E-state index contributed by atoms with van der Waals surface area (Å²) in [5, 5.41) is 18.8. The van der Waals surface area contributed by atoms with Gasteiger partial charge in [-0.05, 0) is 25.2 Å². The van der Waals surface area contributed by atoms with Crippen LogP contribution in [0.1, 0.15) is 19.4 Å². The van der Waals surface area contributed by atoms with Crippen LogP contribution in [0, 0.1) is 11.3 Å². The largest absolute Gasteiger partial charge is 0.489 e.